The lowest BCUT2D eigenvalue weighted by Crippen LogP contribution is -2.26. The molecule has 1 aromatic rings. The molecule has 1 aromatic carbocycles. The van der Waals surface area contributed by atoms with E-state index in [1.165, 1.54) is 4.90 Å². The van der Waals surface area contributed by atoms with Gasteiger partial charge < -0.3 is 19.5 Å². The van der Waals surface area contributed by atoms with Crippen molar-refractivity contribution in [1.82, 2.24) is 4.90 Å². The lowest BCUT2D eigenvalue weighted by atomic mass is 10.1. The monoisotopic (exact) mass is 279 g/mol. The Kier molecular flexibility index (Phi) is 4.12. The van der Waals surface area contributed by atoms with E-state index in [1.807, 2.05) is 0 Å². The first-order valence-corrected chi connectivity index (χ1v) is 6.26. The first-order valence-electron chi connectivity index (χ1n) is 6.26. The van der Waals surface area contributed by atoms with Crippen LogP contribution in [0.1, 0.15) is 12.0 Å². The molecule has 1 aliphatic heterocycles. The van der Waals surface area contributed by atoms with Gasteiger partial charge in [-0.3, -0.25) is 9.59 Å². The minimum Gasteiger partial charge on any atom is -0.497 e. The second-order valence-corrected chi connectivity index (χ2v) is 4.69. The van der Waals surface area contributed by atoms with Gasteiger partial charge in [-0.25, -0.2) is 0 Å². The summed E-state index contributed by atoms with van der Waals surface area (Å²) in [5, 5.41) is 8.97. The van der Waals surface area contributed by atoms with Crippen molar-refractivity contribution in [2.75, 3.05) is 20.8 Å². The maximum absolute atomic E-state index is 11.8. The summed E-state index contributed by atoms with van der Waals surface area (Å²) < 4.78 is 10.4. The minimum atomic E-state index is -0.932. The molecule has 1 saturated heterocycles. The van der Waals surface area contributed by atoms with Gasteiger partial charge in [-0.15, -0.1) is 0 Å². The van der Waals surface area contributed by atoms with E-state index < -0.39 is 11.9 Å². The van der Waals surface area contributed by atoms with Gasteiger partial charge in [0.1, 0.15) is 11.5 Å². The van der Waals surface area contributed by atoms with Gasteiger partial charge >= 0.3 is 5.97 Å². The summed E-state index contributed by atoms with van der Waals surface area (Å²) in [4.78, 5) is 24.3. The molecular formula is C14H17NO5. The Morgan fingerprint density at radius 3 is 2.70 bits per heavy atom. The van der Waals surface area contributed by atoms with Crippen molar-refractivity contribution in [2.24, 2.45) is 5.92 Å². The average Bonchev–Trinajstić information content (AvgIpc) is 2.80. The van der Waals surface area contributed by atoms with Crippen LogP contribution in [0.4, 0.5) is 0 Å². The maximum atomic E-state index is 11.8. The smallest absolute Gasteiger partial charge is 0.308 e. The fourth-order valence-corrected chi connectivity index (χ4v) is 2.30. The highest BCUT2D eigenvalue weighted by molar-refractivity contribution is 5.86. The third kappa shape index (κ3) is 2.84. The first-order chi connectivity index (χ1) is 9.55. The van der Waals surface area contributed by atoms with Crippen molar-refractivity contribution in [1.29, 1.82) is 0 Å². The quantitative estimate of drug-likeness (QED) is 0.874. The molecule has 6 heteroatoms. The Bertz CT molecular complexity index is 528. The van der Waals surface area contributed by atoms with Gasteiger partial charge in [0, 0.05) is 25.1 Å². The van der Waals surface area contributed by atoms with Crippen LogP contribution in [0.2, 0.25) is 0 Å². The molecule has 1 aliphatic rings. The molecule has 0 saturated carbocycles. The summed E-state index contributed by atoms with van der Waals surface area (Å²) in [6.45, 7) is 0.553. The van der Waals surface area contributed by atoms with Crippen LogP contribution in [0.15, 0.2) is 18.2 Å². The maximum Gasteiger partial charge on any atom is 0.308 e. The molecule has 0 unspecified atom stereocenters. The molecule has 0 aliphatic carbocycles. The third-order valence-electron chi connectivity index (χ3n) is 3.41. The summed E-state index contributed by atoms with van der Waals surface area (Å²) in [7, 11) is 3.12. The molecule has 6 nitrogen and oxygen atoms in total. The zero-order valence-corrected chi connectivity index (χ0v) is 11.5. The molecule has 1 amide bonds. The predicted molar refractivity (Wildman–Crippen MR) is 70.7 cm³/mol. The van der Waals surface area contributed by atoms with Gasteiger partial charge in [0.25, 0.3) is 0 Å². The number of carbonyl (C=O) groups is 2. The lowest BCUT2D eigenvalue weighted by molar-refractivity contribution is -0.141. The van der Waals surface area contributed by atoms with Crippen LogP contribution in [0.5, 0.6) is 11.5 Å². The minimum absolute atomic E-state index is 0.0572. The van der Waals surface area contributed by atoms with Crippen LogP contribution in [-0.4, -0.2) is 42.6 Å². The summed E-state index contributed by atoms with van der Waals surface area (Å²) >= 11 is 0. The molecule has 0 aromatic heterocycles. The molecule has 108 valence electrons. The Hall–Kier alpha value is -2.24. The van der Waals surface area contributed by atoms with Crippen molar-refractivity contribution in [3.63, 3.8) is 0 Å². The predicted octanol–water partition coefficient (Wildman–Crippen LogP) is 1.14. The van der Waals surface area contributed by atoms with Crippen molar-refractivity contribution < 1.29 is 24.2 Å². The van der Waals surface area contributed by atoms with Gasteiger partial charge in [-0.1, -0.05) is 0 Å². The number of carboxylic acids is 1. The molecule has 2 rings (SSSR count). The van der Waals surface area contributed by atoms with Crippen molar-refractivity contribution >= 4 is 11.9 Å². The Morgan fingerprint density at radius 1 is 1.40 bits per heavy atom. The second kappa shape index (κ2) is 5.81. The van der Waals surface area contributed by atoms with Gasteiger partial charge in [-0.2, -0.15) is 0 Å². The van der Waals surface area contributed by atoms with E-state index in [2.05, 4.69) is 0 Å². The number of amides is 1. The largest absolute Gasteiger partial charge is 0.497 e. The standard InChI is InChI=1S/C14H17NO5/c1-19-11-3-4-12(20-2)9(5-11)7-15-8-10(14(17)18)6-13(15)16/h3-5,10H,6-8H2,1-2H3,(H,17,18)/t10-/m1/s1. The van der Waals surface area contributed by atoms with Crippen molar-refractivity contribution in [3.05, 3.63) is 23.8 Å². The molecule has 1 fully saturated rings. The highest BCUT2D eigenvalue weighted by Gasteiger charge is 2.34. The number of likely N-dealkylation sites (tertiary alicyclic amines) is 1. The van der Waals surface area contributed by atoms with E-state index in [4.69, 9.17) is 14.6 Å². The Balaban J connectivity index is 2.17. The number of methoxy groups -OCH3 is 2. The van der Waals surface area contributed by atoms with Gasteiger partial charge in [0.05, 0.1) is 20.1 Å². The van der Waals surface area contributed by atoms with Crippen LogP contribution in [0.25, 0.3) is 0 Å². The molecule has 20 heavy (non-hydrogen) atoms. The van der Waals surface area contributed by atoms with Crippen LogP contribution in [0.3, 0.4) is 0 Å². The summed E-state index contributed by atoms with van der Waals surface area (Å²) in [6, 6.07) is 5.33. The first kappa shape index (κ1) is 14.2. The number of carbonyl (C=O) groups excluding carboxylic acids is 1. The normalized spacial score (nSPS) is 18.2. The van der Waals surface area contributed by atoms with Crippen LogP contribution < -0.4 is 9.47 Å². The van der Waals surface area contributed by atoms with E-state index in [0.717, 1.165) is 5.56 Å². The van der Waals surface area contributed by atoms with Gasteiger partial charge in [0.15, 0.2) is 0 Å². The van der Waals surface area contributed by atoms with Gasteiger partial charge in [-0.05, 0) is 18.2 Å². The highest BCUT2D eigenvalue weighted by atomic mass is 16.5. The molecule has 0 spiro atoms. The zero-order valence-electron chi connectivity index (χ0n) is 11.5. The number of hydrogen-bond donors (Lipinski definition) is 1. The summed E-state index contributed by atoms with van der Waals surface area (Å²) in [6.07, 6.45) is 0.0572. The molecule has 0 radical (unpaired) electrons. The Morgan fingerprint density at radius 2 is 2.15 bits per heavy atom. The zero-order chi connectivity index (χ0) is 14.7. The van der Waals surface area contributed by atoms with Gasteiger partial charge in [0.2, 0.25) is 5.91 Å². The third-order valence-corrected chi connectivity index (χ3v) is 3.41. The highest BCUT2D eigenvalue weighted by Crippen LogP contribution is 2.28. The van der Waals surface area contributed by atoms with E-state index in [-0.39, 0.29) is 18.9 Å². The topological polar surface area (TPSA) is 76.1 Å². The SMILES string of the molecule is COc1ccc(OC)c(CN2C[C@H](C(=O)O)CC2=O)c1. The van der Waals surface area contributed by atoms with Crippen molar-refractivity contribution in [3.8, 4) is 11.5 Å². The number of hydrogen-bond acceptors (Lipinski definition) is 4. The summed E-state index contributed by atoms with van der Waals surface area (Å²) in [5.41, 5.74) is 0.797. The van der Waals surface area contributed by atoms with E-state index in [9.17, 15) is 9.59 Å². The number of aliphatic carboxylic acids is 1. The molecule has 1 N–H and O–H groups in total. The second-order valence-electron chi connectivity index (χ2n) is 4.69. The van der Waals surface area contributed by atoms with E-state index >= 15 is 0 Å². The fraction of sp³-hybridized carbons (Fsp3) is 0.429. The molecular weight excluding hydrogens is 262 g/mol. The summed E-state index contributed by atoms with van der Waals surface area (Å²) in [5.74, 6) is -0.389. The van der Waals surface area contributed by atoms with Crippen molar-refractivity contribution in [2.45, 2.75) is 13.0 Å². The number of rotatable bonds is 5. The lowest BCUT2D eigenvalue weighted by Gasteiger charge is -2.18. The number of carboxylic acid groups (broad SMARTS) is 1. The van der Waals surface area contributed by atoms with Crippen LogP contribution in [0, 0.1) is 5.92 Å². The average molecular weight is 279 g/mol. The molecule has 1 atom stereocenters. The van der Waals surface area contributed by atoms with E-state index in [0.29, 0.717) is 18.0 Å². The molecule has 1 heterocycles. The Labute approximate surface area is 116 Å². The fourth-order valence-electron chi connectivity index (χ4n) is 2.30. The number of nitrogens with zero attached hydrogens (tertiary/aromatic N) is 1. The van der Waals surface area contributed by atoms with Crippen LogP contribution in [-0.2, 0) is 16.1 Å². The van der Waals surface area contributed by atoms with Crippen LogP contribution >= 0.6 is 0 Å². The number of benzene rings is 1. The molecule has 0 bridgehead atoms. The van der Waals surface area contributed by atoms with E-state index in [1.54, 1.807) is 32.4 Å². The number of ether oxygens (including phenoxy) is 2.